The van der Waals surface area contributed by atoms with Gasteiger partial charge in [-0.3, -0.25) is 0 Å². The number of ether oxygens (including phenoxy) is 2. The summed E-state index contributed by atoms with van der Waals surface area (Å²) in [4.78, 5) is 0. The number of aliphatic hydroxyl groups is 1. The molecule has 0 amide bonds. The molecule has 2 aromatic carbocycles. The fourth-order valence-electron chi connectivity index (χ4n) is 3.14. The van der Waals surface area contributed by atoms with Crippen molar-refractivity contribution >= 4 is 0 Å². The lowest BCUT2D eigenvalue weighted by molar-refractivity contribution is 0.127. The molecule has 0 bridgehead atoms. The van der Waals surface area contributed by atoms with Crippen molar-refractivity contribution in [3.05, 3.63) is 59.2 Å². The van der Waals surface area contributed by atoms with Crippen LogP contribution >= 0.6 is 0 Å². The van der Waals surface area contributed by atoms with Crippen LogP contribution in [0.25, 0.3) is 0 Å². The maximum Gasteiger partial charge on any atom is 0.128 e. The molecule has 2 aromatic rings. The fraction of sp³-hybridized carbons (Fsp3) is 0.294. The van der Waals surface area contributed by atoms with E-state index in [2.05, 4.69) is 6.07 Å². The summed E-state index contributed by atoms with van der Waals surface area (Å²) in [5.41, 5.74) is 3.15. The van der Waals surface area contributed by atoms with Gasteiger partial charge in [-0.25, -0.2) is 0 Å². The van der Waals surface area contributed by atoms with E-state index in [1.54, 1.807) is 0 Å². The van der Waals surface area contributed by atoms with Crippen molar-refractivity contribution in [1.82, 2.24) is 0 Å². The lowest BCUT2D eigenvalue weighted by Gasteiger charge is -2.19. The molecule has 0 fully saturated rings. The summed E-state index contributed by atoms with van der Waals surface area (Å²) >= 11 is 0. The van der Waals surface area contributed by atoms with Gasteiger partial charge in [0.2, 0.25) is 0 Å². The van der Waals surface area contributed by atoms with Crippen LogP contribution in [-0.4, -0.2) is 18.3 Å². The SMILES string of the molecule is OC(c1cccc2c1OCC2)C1COc2ccccc21. The summed E-state index contributed by atoms with van der Waals surface area (Å²) in [7, 11) is 0. The maximum absolute atomic E-state index is 10.8. The molecule has 0 saturated heterocycles. The summed E-state index contributed by atoms with van der Waals surface area (Å²) in [5, 5.41) is 10.8. The molecule has 0 radical (unpaired) electrons. The van der Waals surface area contributed by atoms with Crippen LogP contribution in [0, 0.1) is 0 Å². The third kappa shape index (κ3) is 1.70. The van der Waals surface area contributed by atoms with Gasteiger partial charge in [0.15, 0.2) is 0 Å². The highest BCUT2D eigenvalue weighted by Gasteiger charge is 2.33. The first-order chi connectivity index (χ1) is 9.84. The van der Waals surface area contributed by atoms with Crippen LogP contribution in [0.5, 0.6) is 11.5 Å². The normalized spacial score (nSPS) is 20.8. The first kappa shape index (κ1) is 11.8. The van der Waals surface area contributed by atoms with Crippen LogP contribution in [-0.2, 0) is 6.42 Å². The number of hydrogen-bond donors (Lipinski definition) is 1. The van der Waals surface area contributed by atoms with Crippen LogP contribution in [0.3, 0.4) is 0 Å². The summed E-state index contributed by atoms with van der Waals surface area (Å²) in [6.07, 6.45) is 0.333. The van der Waals surface area contributed by atoms with Gasteiger partial charge < -0.3 is 14.6 Å². The van der Waals surface area contributed by atoms with E-state index in [-0.39, 0.29) is 5.92 Å². The summed E-state index contributed by atoms with van der Waals surface area (Å²) in [6, 6.07) is 13.9. The predicted molar refractivity (Wildman–Crippen MR) is 75.3 cm³/mol. The Hall–Kier alpha value is -2.00. The van der Waals surface area contributed by atoms with E-state index in [1.165, 1.54) is 5.56 Å². The quantitative estimate of drug-likeness (QED) is 0.910. The molecule has 102 valence electrons. The van der Waals surface area contributed by atoms with Crippen molar-refractivity contribution in [1.29, 1.82) is 0 Å². The van der Waals surface area contributed by atoms with E-state index >= 15 is 0 Å². The minimum atomic E-state index is -0.591. The van der Waals surface area contributed by atoms with Gasteiger partial charge in [-0.2, -0.15) is 0 Å². The summed E-state index contributed by atoms with van der Waals surface area (Å²) in [5.74, 6) is 1.72. The molecule has 2 aliphatic heterocycles. The number of hydrogen-bond acceptors (Lipinski definition) is 3. The van der Waals surface area contributed by atoms with Gasteiger partial charge in [0, 0.05) is 17.5 Å². The molecule has 2 aliphatic rings. The Balaban J connectivity index is 1.73. The number of aliphatic hydroxyl groups excluding tert-OH is 1. The molecule has 2 atom stereocenters. The fourth-order valence-corrected chi connectivity index (χ4v) is 3.14. The molecule has 2 unspecified atom stereocenters. The van der Waals surface area contributed by atoms with E-state index in [0.717, 1.165) is 29.0 Å². The minimum absolute atomic E-state index is 0.0260. The predicted octanol–water partition coefficient (Wildman–Crippen LogP) is 2.83. The second-order valence-corrected chi connectivity index (χ2v) is 5.33. The first-order valence-corrected chi connectivity index (χ1v) is 6.99. The van der Waals surface area contributed by atoms with Crippen LogP contribution in [0.4, 0.5) is 0 Å². The Bertz CT molecular complexity index is 650. The van der Waals surface area contributed by atoms with Crippen LogP contribution < -0.4 is 9.47 Å². The molecule has 3 nitrogen and oxygen atoms in total. The monoisotopic (exact) mass is 268 g/mol. The van der Waals surface area contributed by atoms with Gasteiger partial charge in [-0.15, -0.1) is 0 Å². The van der Waals surface area contributed by atoms with E-state index in [0.29, 0.717) is 13.2 Å². The average Bonchev–Trinajstić information content (AvgIpc) is 3.12. The average molecular weight is 268 g/mol. The maximum atomic E-state index is 10.8. The van der Waals surface area contributed by atoms with Crippen molar-refractivity contribution in [3.8, 4) is 11.5 Å². The second kappa shape index (κ2) is 4.53. The molecule has 0 aromatic heterocycles. The molecule has 0 saturated carbocycles. The Kier molecular flexibility index (Phi) is 2.67. The van der Waals surface area contributed by atoms with E-state index < -0.39 is 6.10 Å². The van der Waals surface area contributed by atoms with Gasteiger partial charge in [-0.05, 0) is 11.6 Å². The lowest BCUT2D eigenvalue weighted by Crippen LogP contribution is -2.13. The minimum Gasteiger partial charge on any atom is -0.493 e. The highest BCUT2D eigenvalue weighted by molar-refractivity contribution is 5.48. The lowest BCUT2D eigenvalue weighted by atomic mass is 9.89. The van der Waals surface area contributed by atoms with Gasteiger partial charge >= 0.3 is 0 Å². The molecular formula is C17H16O3. The number of fused-ring (bicyclic) bond motifs is 2. The zero-order chi connectivity index (χ0) is 13.5. The van der Waals surface area contributed by atoms with Crippen LogP contribution in [0.1, 0.15) is 28.7 Å². The summed E-state index contributed by atoms with van der Waals surface area (Å²) in [6.45, 7) is 1.22. The Morgan fingerprint density at radius 1 is 1.05 bits per heavy atom. The van der Waals surface area contributed by atoms with Crippen molar-refractivity contribution < 1.29 is 14.6 Å². The van der Waals surface area contributed by atoms with E-state index in [4.69, 9.17) is 9.47 Å². The molecule has 0 aliphatic carbocycles. The highest BCUT2D eigenvalue weighted by Crippen LogP contribution is 2.44. The number of para-hydroxylation sites is 2. The zero-order valence-electron chi connectivity index (χ0n) is 11.1. The van der Waals surface area contributed by atoms with E-state index in [1.807, 2.05) is 36.4 Å². The molecular weight excluding hydrogens is 252 g/mol. The third-order valence-electron chi connectivity index (χ3n) is 4.18. The van der Waals surface area contributed by atoms with Crippen molar-refractivity contribution in [2.24, 2.45) is 0 Å². The topological polar surface area (TPSA) is 38.7 Å². The molecule has 2 heterocycles. The van der Waals surface area contributed by atoms with Crippen LogP contribution in [0.15, 0.2) is 42.5 Å². The molecule has 0 spiro atoms. The zero-order valence-corrected chi connectivity index (χ0v) is 11.1. The smallest absolute Gasteiger partial charge is 0.128 e. The number of rotatable bonds is 2. The van der Waals surface area contributed by atoms with Crippen LogP contribution in [0.2, 0.25) is 0 Å². The van der Waals surface area contributed by atoms with Crippen molar-refractivity contribution in [2.45, 2.75) is 18.4 Å². The van der Waals surface area contributed by atoms with Crippen molar-refractivity contribution in [3.63, 3.8) is 0 Å². The van der Waals surface area contributed by atoms with Gasteiger partial charge in [0.25, 0.3) is 0 Å². The van der Waals surface area contributed by atoms with Gasteiger partial charge in [0.05, 0.1) is 25.2 Å². The first-order valence-electron chi connectivity index (χ1n) is 6.99. The largest absolute Gasteiger partial charge is 0.493 e. The van der Waals surface area contributed by atoms with Crippen molar-refractivity contribution in [2.75, 3.05) is 13.2 Å². The molecule has 4 rings (SSSR count). The Labute approximate surface area is 117 Å². The second-order valence-electron chi connectivity index (χ2n) is 5.33. The van der Waals surface area contributed by atoms with Gasteiger partial charge in [-0.1, -0.05) is 36.4 Å². The highest BCUT2D eigenvalue weighted by atomic mass is 16.5. The summed E-state index contributed by atoms with van der Waals surface area (Å²) < 4.78 is 11.4. The third-order valence-corrected chi connectivity index (χ3v) is 4.18. The Morgan fingerprint density at radius 3 is 2.90 bits per heavy atom. The molecule has 1 N–H and O–H groups in total. The standard InChI is InChI=1S/C17H16O3/c18-16(13-6-3-4-11-8-9-19-17(11)13)14-10-20-15-7-2-1-5-12(14)15/h1-7,14,16,18H,8-10H2. The molecule has 20 heavy (non-hydrogen) atoms. The van der Waals surface area contributed by atoms with E-state index in [9.17, 15) is 5.11 Å². The molecule has 3 heteroatoms. The number of benzene rings is 2. The van der Waals surface area contributed by atoms with Gasteiger partial charge in [0.1, 0.15) is 11.5 Å². The Morgan fingerprint density at radius 2 is 1.95 bits per heavy atom.